The van der Waals surface area contributed by atoms with E-state index >= 15 is 0 Å². The number of nitrogens with one attached hydrogen (secondary N) is 1. The molecule has 3 unspecified atom stereocenters. The molecule has 0 radical (unpaired) electrons. The quantitative estimate of drug-likeness (QED) is 0.672. The van der Waals surface area contributed by atoms with Gasteiger partial charge in [0.15, 0.2) is 0 Å². The molecular formula is C15H17F3N2O3. The minimum absolute atomic E-state index is 0.0966. The Labute approximate surface area is 131 Å². The molecule has 3 rings (SSSR count). The molecule has 5 nitrogen and oxygen atoms in total. The zero-order valence-corrected chi connectivity index (χ0v) is 12.3. The summed E-state index contributed by atoms with van der Waals surface area (Å²) in [7, 11) is 0. The topological polar surface area (TPSA) is 64.4 Å². The van der Waals surface area contributed by atoms with Gasteiger partial charge >= 0.3 is 6.18 Å². The summed E-state index contributed by atoms with van der Waals surface area (Å²) >= 11 is 0. The Morgan fingerprint density at radius 1 is 1.26 bits per heavy atom. The van der Waals surface area contributed by atoms with Crippen molar-refractivity contribution < 1.29 is 22.8 Å². The van der Waals surface area contributed by atoms with E-state index < -0.39 is 22.4 Å². The average Bonchev–Trinajstić information content (AvgIpc) is 2.96. The highest BCUT2D eigenvalue weighted by Crippen LogP contribution is 2.40. The Kier molecular flexibility index (Phi) is 4.18. The van der Waals surface area contributed by atoms with Crippen molar-refractivity contribution in [1.29, 1.82) is 0 Å². The first kappa shape index (κ1) is 16.0. The van der Waals surface area contributed by atoms with E-state index in [-0.39, 0.29) is 23.8 Å². The second kappa shape index (κ2) is 5.99. The highest BCUT2D eigenvalue weighted by atomic mass is 19.4. The Balaban J connectivity index is 1.88. The van der Waals surface area contributed by atoms with Gasteiger partial charge in [-0.2, -0.15) is 13.2 Å². The molecule has 1 N–H and O–H groups in total. The number of non-ortho nitro benzene ring substituents is 1. The van der Waals surface area contributed by atoms with Crippen LogP contribution in [-0.2, 0) is 10.9 Å². The van der Waals surface area contributed by atoms with Crippen LogP contribution in [0.5, 0.6) is 0 Å². The number of nitrogens with zero attached hydrogens (tertiary/aromatic N) is 1. The number of rotatable bonds is 3. The molecule has 0 aromatic heterocycles. The van der Waals surface area contributed by atoms with E-state index in [2.05, 4.69) is 5.32 Å². The lowest BCUT2D eigenvalue weighted by Gasteiger charge is -2.34. The van der Waals surface area contributed by atoms with Crippen LogP contribution in [0.3, 0.4) is 0 Å². The van der Waals surface area contributed by atoms with Gasteiger partial charge in [0.25, 0.3) is 5.69 Å². The van der Waals surface area contributed by atoms with Crippen molar-refractivity contribution in [2.24, 2.45) is 5.92 Å². The Morgan fingerprint density at radius 2 is 2.04 bits per heavy atom. The zero-order valence-electron chi connectivity index (χ0n) is 12.3. The predicted molar refractivity (Wildman–Crippen MR) is 77.2 cm³/mol. The number of hydrogen-bond acceptors (Lipinski definition) is 4. The molecule has 2 aliphatic rings. The summed E-state index contributed by atoms with van der Waals surface area (Å²) < 4.78 is 45.3. The summed E-state index contributed by atoms with van der Waals surface area (Å²) in [4.78, 5) is 9.91. The fourth-order valence-electron chi connectivity index (χ4n) is 3.56. The van der Waals surface area contributed by atoms with Crippen molar-refractivity contribution in [3.8, 4) is 0 Å². The van der Waals surface area contributed by atoms with E-state index in [1.54, 1.807) is 0 Å². The molecule has 8 heteroatoms. The lowest BCUT2D eigenvalue weighted by atomic mass is 9.81. The number of halogens is 3. The molecule has 1 saturated heterocycles. The molecule has 0 spiro atoms. The maximum atomic E-state index is 13.2. The van der Waals surface area contributed by atoms with Crippen molar-refractivity contribution in [2.45, 2.75) is 44.0 Å². The second-order valence-electron chi connectivity index (χ2n) is 6.03. The third-order valence-corrected chi connectivity index (χ3v) is 4.64. The molecular weight excluding hydrogens is 313 g/mol. The summed E-state index contributed by atoms with van der Waals surface area (Å²) in [5, 5.41) is 13.7. The van der Waals surface area contributed by atoms with Crippen molar-refractivity contribution >= 4 is 11.4 Å². The number of ether oxygens (including phenoxy) is 1. The van der Waals surface area contributed by atoms with Crippen LogP contribution in [0.4, 0.5) is 24.5 Å². The molecule has 126 valence electrons. The Hall–Kier alpha value is -1.83. The van der Waals surface area contributed by atoms with E-state index in [0.717, 1.165) is 37.8 Å². The van der Waals surface area contributed by atoms with Crippen LogP contribution in [0, 0.1) is 16.0 Å². The highest BCUT2D eigenvalue weighted by Gasteiger charge is 2.40. The molecule has 1 aliphatic heterocycles. The van der Waals surface area contributed by atoms with E-state index in [9.17, 15) is 23.3 Å². The second-order valence-corrected chi connectivity index (χ2v) is 6.03. The van der Waals surface area contributed by atoms with Gasteiger partial charge in [0.1, 0.15) is 0 Å². The number of nitro benzene ring substituents is 1. The van der Waals surface area contributed by atoms with Gasteiger partial charge < -0.3 is 10.1 Å². The van der Waals surface area contributed by atoms with Gasteiger partial charge in [-0.15, -0.1) is 0 Å². The van der Waals surface area contributed by atoms with Gasteiger partial charge in [0, 0.05) is 36.4 Å². The third kappa shape index (κ3) is 3.26. The average molecular weight is 330 g/mol. The summed E-state index contributed by atoms with van der Waals surface area (Å²) in [6.45, 7) is 0.639. The largest absolute Gasteiger partial charge is 0.418 e. The van der Waals surface area contributed by atoms with Crippen LogP contribution < -0.4 is 5.32 Å². The van der Waals surface area contributed by atoms with Crippen LogP contribution in [0.1, 0.15) is 31.2 Å². The van der Waals surface area contributed by atoms with Crippen LogP contribution in [-0.4, -0.2) is 23.7 Å². The van der Waals surface area contributed by atoms with E-state index in [4.69, 9.17) is 4.74 Å². The van der Waals surface area contributed by atoms with Crippen molar-refractivity contribution in [2.75, 3.05) is 11.9 Å². The molecule has 0 bridgehead atoms. The fraction of sp³-hybridized carbons (Fsp3) is 0.600. The van der Waals surface area contributed by atoms with Gasteiger partial charge in [-0.3, -0.25) is 10.1 Å². The van der Waals surface area contributed by atoms with Crippen molar-refractivity contribution in [3.05, 3.63) is 33.9 Å². The first-order chi connectivity index (χ1) is 10.9. The van der Waals surface area contributed by atoms with Gasteiger partial charge in [-0.25, -0.2) is 0 Å². The van der Waals surface area contributed by atoms with Crippen LogP contribution in [0.2, 0.25) is 0 Å². The van der Waals surface area contributed by atoms with E-state index in [1.807, 2.05) is 0 Å². The SMILES string of the molecule is O=[N+]([O-])c1ccc(NC2CCCC3OCCC23)c(C(F)(F)F)c1. The maximum absolute atomic E-state index is 13.2. The number of fused-ring (bicyclic) bond motifs is 1. The zero-order chi connectivity index (χ0) is 16.6. The highest BCUT2D eigenvalue weighted by molar-refractivity contribution is 5.58. The third-order valence-electron chi connectivity index (χ3n) is 4.64. The summed E-state index contributed by atoms with van der Waals surface area (Å²) in [6.07, 6.45) is -1.10. The normalized spacial score (nSPS) is 27.5. The maximum Gasteiger partial charge on any atom is 0.418 e. The standard InChI is InChI=1S/C15H17F3N2O3/c16-15(17,18)11-8-9(20(21)22)4-5-13(11)19-12-2-1-3-14-10(12)6-7-23-14/h4-5,8,10,12,14,19H,1-3,6-7H2. The van der Waals surface area contributed by atoms with Gasteiger partial charge in [-0.05, 0) is 31.7 Å². The number of alkyl halides is 3. The van der Waals surface area contributed by atoms with Crippen LogP contribution in [0.15, 0.2) is 18.2 Å². The Morgan fingerprint density at radius 3 is 2.74 bits per heavy atom. The minimum Gasteiger partial charge on any atom is -0.381 e. The number of hydrogen-bond donors (Lipinski definition) is 1. The molecule has 1 aromatic carbocycles. The number of nitro groups is 1. The van der Waals surface area contributed by atoms with Crippen LogP contribution >= 0.6 is 0 Å². The molecule has 3 atom stereocenters. The monoisotopic (exact) mass is 330 g/mol. The minimum atomic E-state index is -4.64. The number of anilines is 1. The summed E-state index contributed by atoms with van der Waals surface area (Å²) in [5.74, 6) is 0.194. The van der Waals surface area contributed by atoms with E-state index in [0.29, 0.717) is 12.7 Å². The summed E-state index contributed by atoms with van der Waals surface area (Å²) in [5.41, 5.74) is -1.65. The molecule has 0 amide bonds. The molecule has 2 fully saturated rings. The summed E-state index contributed by atoms with van der Waals surface area (Å²) in [6, 6.07) is 2.75. The smallest absolute Gasteiger partial charge is 0.381 e. The van der Waals surface area contributed by atoms with E-state index in [1.165, 1.54) is 0 Å². The fourth-order valence-corrected chi connectivity index (χ4v) is 3.56. The molecule has 1 heterocycles. The lowest BCUT2D eigenvalue weighted by molar-refractivity contribution is -0.385. The molecule has 1 aliphatic carbocycles. The van der Waals surface area contributed by atoms with Crippen molar-refractivity contribution in [1.82, 2.24) is 0 Å². The van der Waals surface area contributed by atoms with Gasteiger partial charge in [0.05, 0.1) is 16.6 Å². The first-order valence-electron chi connectivity index (χ1n) is 7.60. The Bertz CT molecular complexity index is 606. The van der Waals surface area contributed by atoms with Gasteiger partial charge in [0.2, 0.25) is 0 Å². The number of benzene rings is 1. The van der Waals surface area contributed by atoms with Crippen molar-refractivity contribution in [3.63, 3.8) is 0 Å². The molecule has 23 heavy (non-hydrogen) atoms. The first-order valence-corrected chi connectivity index (χ1v) is 7.60. The van der Waals surface area contributed by atoms with Crippen LogP contribution in [0.25, 0.3) is 0 Å². The lowest BCUT2D eigenvalue weighted by Crippen LogP contribution is -2.38. The molecule has 1 aromatic rings. The van der Waals surface area contributed by atoms with Gasteiger partial charge in [-0.1, -0.05) is 0 Å². The predicted octanol–water partition coefficient (Wildman–Crippen LogP) is 3.98. The molecule has 1 saturated carbocycles.